The molecule has 26 heavy (non-hydrogen) atoms. The average Bonchev–Trinajstić information content (AvgIpc) is 2.62. The first-order valence-electron chi connectivity index (χ1n) is 8.90. The largest absolute Gasteiger partial charge is 0.352 e. The number of halogens is 1. The first-order chi connectivity index (χ1) is 12.1. The van der Waals surface area contributed by atoms with Gasteiger partial charge in [-0.1, -0.05) is 42.5 Å². The second-order valence-corrected chi connectivity index (χ2v) is 6.77. The molecule has 0 radical (unpaired) electrons. The molecule has 0 bridgehead atoms. The van der Waals surface area contributed by atoms with Crippen molar-refractivity contribution in [3.05, 3.63) is 48.0 Å². The highest BCUT2D eigenvalue weighted by molar-refractivity contribution is 5.91. The van der Waals surface area contributed by atoms with Crippen LogP contribution in [0.15, 0.2) is 42.5 Å². The molecule has 0 saturated heterocycles. The highest BCUT2D eigenvalue weighted by Gasteiger charge is 2.20. The molecule has 1 aliphatic rings. The van der Waals surface area contributed by atoms with Crippen LogP contribution in [-0.2, 0) is 16.0 Å². The number of hydrogen-bond acceptors (Lipinski definition) is 3. The van der Waals surface area contributed by atoms with E-state index in [9.17, 15) is 9.59 Å². The highest BCUT2D eigenvalue weighted by Crippen LogP contribution is 2.19. The van der Waals surface area contributed by atoms with Crippen LogP contribution in [0, 0.1) is 0 Å². The summed E-state index contributed by atoms with van der Waals surface area (Å²) in [5.41, 5.74) is 6.84. The van der Waals surface area contributed by atoms with Gasteiger partial charge >= 0.3 is 0 Å². The Morgan fingerprint density at radius 1 is 0.962 bits per heavy atom. The van der Waals surface area contributed by atoms with Gasteiger partial charge in [-0.15, -0.1) is 12.4 Å². The number of nitrogens with one attached hydrogen (secondary N) is 2. The van der Waals surface area contributed by atoms with Gasteiger partial charge in [-0.25, -0.2) is 0 Å². The molecular weight excluding hydrogens is 350 g/mol. The van der Waals surface area contributed by atoms with Gasteiger partial charge in [0.2, 0.25) is 11.8 Å². The summed E-state index contributed by atoms with van der Waals surface area (Å²) in [6.45, 7) is 0.0200. The van der Waals surface area contributed by atoms with Crippen LogP contribution in [-0.4, -0.2) is 30.4 Å². The minimum absolute atomic E-state index is 0. The van der Waals surface area contributed by atoms with Crippen LogP contribution in [0.5, 0.6) is 0 Å². The van der Waals surface area contributed by atoms with Crippen molar-refractivity contribution in [2.24, 2.45) is 5.73 Å². The van der Waals surface area contributed by atoms with Crippen LogP contribution in [0.4, 0.5) is 0 Å². The van der Waals surface area contributed by atoms with E-state index in [0.29, 0.717) is 0 Å². The van der Waals surface area contributed by atoms with Gasteiger partial charge in [0.05, 0.1) is 13.0 Å². The molecular formula is C20H26ClN3O2. The third-order valence-corrected chi connectivity index (χ3v) is 4.81. The molecule has 0 unspecified atom stereocenters. The first kappa shape index (κ1) is 20.2. The smallest absolute Gasteiger partial charge is 0.239 e. The molecule has 0 heterocycles. The third kappa shape index (κ3) is 5.44. The summed E-state index contributed by atoms with van der Waals surface area (Å²) >= 11 is 0. The molecule has 3 rings (SSSR count). The van der Waals surface area contributed by atoms with Crippen LogP contribution in [0.3, 0.4) is 0 Å². The van der Waals surface area contributed by atoms with E-state index in [0.717, 1.165) is 42.0 Å². The minimum Gasteiger partial charge on any atom is -0.352 e. The van der Waals surface area contributed by atoms with E-state index in [2.05, 4.69) is 10.6 Å². The van der Waals surface area contributed by atoms with E-state index in [-0.39, 0.29) is 49.3 Å². The number of amides is 2. The van der Waals surface area contributed by atoms with E-state index in [4.69, 9.17) is 5.73 Å². The van der Waals surface area contributed by atoms with E-state index in [1.54, 1.807) is 0 Å². The Kier molecular flexibility index (Phi) is 7.42. The number of nitrogens with two attached hydrogens (primary N) is 1. The van der Waals surface area contributed by atoms with Gasteiger partial charge in [-0.2, -0.15) is 0 Å². The lowest BCUT2D eigenvalue weighted by atomic mass is 9.92. The molecule has 1 aliphatic carbocycles. The zero-order chi connectivity index (χ0) is 17.6. The molecule has 5 nitrogen and oxygen atoms in total. The van der Waals surface area contributed by atoms with Crippen molar-refractivity contribution in [2.75, 3.05) is 6.54 Å². The monoisotopic (exact) mass is 375 g/mol. The lowest BCUT2D eigenvalue weighted by molar-refractivity contribution is -0.126. The maximum Gasteiger partial charge on any atom is 0.239 e. The first-order valence-corrected chi connectivity index (χ1v) is 8.90. The molecule has 4 N–H and O–H groups in total. The van der Waals surface area contributed by atoms with Gasteiger partial charge in [0.1, 0.15) is 0 Å². The molecule has 2 aromatic carbocycles. The summed E-state index contributed by atoms with van der Waals surface area (Å²) in [6.07, 6.45) is 3.98. The van der Waals surface area contributed by atoms with Gasteiger partial charge in [0.25, 0.3) is 0 Å². The van der Waals surface area contributed by atoms with E-state index in [1.165, 1.54) is 0 Å². The second kappa shape index (κ2) is 9.55. The van der Waals surface area contributed by atoms with Crippen LogP contribution in [0.2, 0.25) is 0 Å². The van der Waals surface area contributed by atoms with Crippen molar-refractivity contribution in [1.29, 1.82) is 0 Å². The molecule has 6 heteroatoms. The lowest BCUT2D eigenvalue weighted by Crippen LogP contribution is -2.44. The number of carbonyl (C=O) groups excluding carboxylic acids is 2. The minimum atomic E-state index is -0.142. The topological polar surface area (TPSA) is 84.2 Å². The summed E-state index contributed by atoms with van der Waals surface area (Å²) in [7, 11) is 0. The Labute approximate surface area is 160 Å². The standard InChI is InChI=1S/C20H25N3O2.ClH/c21-16-8-10-17(11-9-16)23-20(25)13-22-19(24)12-15-6-3-5-14-4-1-2-7-18(14)15;/h1-7,16-17H,8-13,21H2,(H,22,24)(H,23,25);1H. The van der Waals surface area contributed by atoms with Crippen molar-refractivity contribution in [3.8, 4) is 0 Å². The van der Waals surface area contributed by atoms with Crippen LogP contribution < -0.4 is 16.4 Å². The zero-order valence-electron chi connectivity index (χ0n) is 14.7. The van der Waals surface area contributed by atoms with Crippen molar-refractivity contribution < 1.29 is 9.59 Å². The molecule has 0 spiro atoms. The van der Waals surface area contributed by atoms with Crippen molar-refractivity contribution >= 4 is 35.0 Å². The second-order valence-electron chi connectivity index (χ2n) is 6.77. The van der Waals surface area contributed by atoms with Gasteiger partial charge < -0.3 is 16.4 Å². The van der Waals surface area contributed by atoms with Crippen molar-refractivity contribution in [3.63, 3.8) is 0 Å². The predicted molar refractivity (Wildman–Crippen MR) is 106 cm³/mol. The molecule has 0 atom stereocenters. The predicted octanol–water partition coefficient (Wildman–Crippen LogP) is 2.31. The maximum atomic E-state index is 12.2. The Morgan fingerprint density at radius 2 is 1.65 bits per heavy atom. The summed E-state index contributed by atoms with van der Waals surface area (Å²) < 4.78 is 0. The average molecular weight is 376 g/mol. The van der Waals surface area contributed by atoms with Crippen molar-refractivity contribution in [1.82, 2.24) is 10.6 Å². The Morgan fingerprint density at radius 3 is 2.42 bits per heavy atom. The van der Waals surface area contributed by atoms with Crippen LogP contribution >= 0.6 is 12.4 Å². The summed E-state index contributed by atoms with van der Waals surface area (Å²) in [6, 6.07) is 14.4. The number of hydrogen-bond donors (Lipinski definition) is 3. The van der Waals surface area contributed by atoms with Gasteiger partial charge in [0, 0.05) is 12.1 Å². The number of fused-ring (bicyclic) bond motifs is 1. The van der Waals surface area contributed by atoms with E-state index >= 15 is 0 Å². The molecule has 1 fully saturated rings. The van der Waals surface area contributed by atoms with E-state index < -0.39 is 0 Å². The van der Waals surface area contributed by atoms with Crippen LogP contribution in [0.1, 0.15) is 31.2 Å². The normalized spacial score (nSPS) is 19.4. The fourth-order valence-corrected chi connectivity index (χ4v) is 3.40. The SMILES string of the molecule is Cl.NC1CCC(NC(=O)CNC(=O)Cc2cccc3ccccc23)CC1. The maximum absolute atomic E-state index is 12.2. The molecule has 0 aromatic heterocycles. The third-order valence-electron chi connectivity index (χ3n) is 4.81. The van der Waals surface area contributed by atoms with Crippen LogP contribution in [0.25, 0.3) is 10.8 Å². The molecule has 2 amide bonds. The summed E-state index contributed by atoms with van der Waals surface area (Å²) in [4.78, 5) is 24.2. The quantitative estimate of drug-likeness (QED) is 0.749. The van der Waals surface area contributed by atoms with Gasteiger partial charge in [-0.3, -0.25) is 9.59 Å². The Balaban J connectivity index is 0.00000243. The lowest BCUT2D eigenvalue weighted by Gasteiger charge is -2.26. The molecule has 140 valence electrons. The fourth-order valence-electron chi connectivity index (χ4n) is 3.40. The molecule has 0 aliphatic heterocycles. The summed E-state index contributed by atoms with van der Waals surface area (Å²) in [5, 5.41) is 7.88. The van der Waals surface area contributed by atoms with Gasteiger partial charge in [0.15, 0.2) is 0 Å². The molecule has 1 saturated carbocycles. The summed E-state index contributed by atoms with van der Waals surface area (Å²) in [5.74, 6) is -0.274. The van der Waals surface area contributed by atoms with Crippen molar-refractivity contribution in [2.45, 2.75) is 44.2 Å². The Hall–Kier alpha value is -2.11. The van der Waals surface area contributed by atoms with Gasteiger partial charge in [-0.05, 0) is 42.0 Å². The van der Waals surface area contributed by atoms with E-state index in [1.807, 2.05) is 42.5 Å². The highest BCUT2D eigenvalue weighted by atomic mass is 35.5. The zero-order valence-corrected chi connectivity index (χ0v) is 15.6. The Bertz CT molecular complexity index is 752. The number of benzene rings is 2. The fraction of sp³-hybridized carbons (Fsp3) is 0.400. The molecule has 2 aromatic rings. The number of carbonyl (C=O) groups is 2. The number of rotatable bonds is 5.